The highest BCUT2D eigenvalue weighted by Gasteiger charge is 2.08. The van der Waals surface area contributed by atoms with Gasteiger partial charge in [0.15, 0.2) is 0 Å². The van der Waals surface area contributed by atoms with Crippen LogP contribution in [0, 0.1) is 5.92 Å². The van der Waals surface area contributed by atoms with Gasteiger partial charge in [0.05, 0.1) is 0 Å². The first-order chi connectivity index (χ1) is 8.54. The summed E-state index contributed by atoms with van der Waals surface area (Å²) in [5, 5.41) is 5.49. The Kier molecular flexibility index (Phi) is 5.71. The number of hydrogen-bond acceptors (Lipinski definition) is 3. The molecule has 2 amide bonds. The van der Waals surface area contributed by atoms with Crippen LogP contribution in [0.2, 0.25) is 0 Å². The number of nitrogens with one attached hydrogen (secondary N) is 2. The molecule has 0 saturated carbocycles. The molecule has 4 nitrogen and oxygen atoms in total. The average molecular weight is 266 g/mol. The maximum atomic E-state index is 11.6. The third-order valence-corrected chi connectivity index (χ3v) is 2.56. The summed E-state index contributed by atoms with van der Waals surface area (Å²) in [4.78, 5) is 23.1. The number of amides is 2. The average Bonchev–Trinajstić information content (AvgIpc) is 2.36. The molecule has 0 aliphatic carbocycles. The van der Waals surface area contributed by atoms with Crippen LogP contribution in [0.5, 0.6) is 0 Å². The zero-order valence-corrected chi connectivity index (χ0v) is 11.5. The van der Waals surface area contributed by atoms with Gasteiger partial charge in [-0.25, -0.2) is 0 Å². The van der Waals surface area contributed by atoms with Gasteiger partial charge in [0.2, 0.25) is 5.91 Å². The topological polar surface area (TPSA) is 58.2 Å². The normalized spacial score (nSPS) is 10.2. The minimum atomic E-state index is -0.134. The molecule has 0 spiro atoms. The smallest absolute Gasteiger partial charge is 0.251 e. The van der Waals surface area contributed by atoms with Crippen LogP contribution in [0.15, 0.2) is 24.3 Å². The molecule has 18 heavy (non-hydrogen) atoms. The third kappa shape index (κ3) is 4.41. The first-order valence-electron chi connectivity index (χ1n) is 5.84. The second-order valence-electron chi connectivity index (χ2n) is 4.20. The molecule has 2 N–H and O–H groups in total. The van der Waals surface area contributed by atoms with Gasteiger partial charge in [0.25, 0.3) is 5.91 Å². The van der Waals surface area contributed by atoms with Crippen LogP contribution in [0.1, 0.15) is 24.2 Å². The molecule has 0 atom stereocenters. The van der Waals surface area contributed by atoms with Crippen molar-refractivity contribution in [1.29, 1.82) is 0 Å². The summed E-state index contributed by atoms with van der Waals surface area (Å²) in [5.41, 5.74) is 1.26. The number of anilines is 1. The molecule has 98 valence electrons. The number of benzene rings is 1. The van der Waals surface area contributed by atoms with Crippen molar-refractivity contribution in [3.05, 3.63) is 29.8 Å². The molecule has 0 aliphatic rings. The summed E-state index contributed by atoms with van der Waals surface area (Å²) >= 11 is 4.02. The van der Waals surface area contributed by atoms with Crippen LogP contribution < -0.4 is 10.6 Å². The van der Waals surface area contributed by atoms with Crippen molar-refractivity contribution in [2.75, 3.05) is 17.6 Å². The number of hydrogen-bond donors (Lipinski definition) is 3. The number of rotatable bonds is 5. The first kappa shape index (κ1) is 14.6. The van der Waals surface area contributed by atoms with Gasteiger partial charge >= 0.3 is 0 Å². The van der Waals surface area contributed by atoms with E-state index in [4.69, 9.17) is 0 Å². The van der Waals surface area contributed by atoms with E-state index in [1.165, 1.54) is 0 Å². The lowest BCUT2D eigenvalue weighted by atomic mass is 10.1. The van der Waals surface area contributed by atoms with Gasteiger partial charge in [0.1, 0.15) is 0 Å². The molecule has 0 heterocycles. The standard InChI is InChI=1S/C13H18N2O2S/c1-9(2)12(16)15-11-5-3-10(4-6-11)13(17)14-7-8-18/h3-6,9,18H,7-8H2,1-2H3,(H,14,17)(H,15,16). The van der Waals surface area contributed by atoms with Crippen LogP contribution in [0.4, 0.5) is 5.69 Å². The van der Waals surface area contributed by atoms with E-state index in [0.29, 0.717) is 23.5 Å². The first-order valence-corrected chi connectivity index (χ1v) is 6.48. The van der Waals surface area contributed by atoms with Crippen molar-refractivity contribution in [2.45, 2.75) is 13.8 Å². The molecular formula is C13H18N2O2S. The fourth-order valence-corrected chi connectivity index (χ4v) is 1.37. The van der Waals surface area contributed by atoms with E-state index in [2.05, 4.69) is 23.3 Å². The van der Waals surface area contributed by atoms with Gasteiger partial charge in [0, 0.05) is 29.5 Å². The summed E-state index contributed by atoms with van der Waals surface area (Å²) in [7, 11) is 0. The highest BCUT2D eigenvalue weighted by Crippen LogP contribution is 2.10. The Morgan fingerprint density at radius 3 is 2.33 bits per heavy atom. The van der Waals surface area contributed by atoms with Crippen molar-refractivity contribution in [3.63, 3.8) is 0 Å². The van der Waals surface area contributed by atoms with Crippen LogP contribution in [-0.2, 0) is 4.79 Å². The van der Waals surface area contributed by atoms with Crippen LogP contribution in [0.3, 0.4) is 0 Å². The Bertz CT molecular complexity index is 416. The summed E-state index contributed by atoms with van der Waals surface area (Å²) < 4.78 is 0. The van der Waals surface area contributed by atoms with E-state index in [0.717, 1.165) is 0 Å². The molecule has 0 radical (unpaired) electrons. The van der Waals surface area contributed by atoms with E-state index in [9.17, 15) is 9.59 Å². The van der Waals surface area contributed by atoms with E-state index in [1.807, 2.05) is 13.8 Å². The Morgan fingerprint density at radius 1 is 1.22 bits per heavy atom. The molecule has 1 rings (SSSR count). The third-order valence-electron chi connectivity index (χ3n) is 2.34. The molecule has 0 fully saturated rings. The predicted octanol–water partition coefficient (Wildman–Crippen LogP) is 1.94. The minimum absolute atomic E-state index is 0.0396. The Hall–Kier alpha value is -1.49. The summed E-state index contributed by atoms with van der Waals surface area (Å²) in [6.45, 7) is 4.19. The molecule has 1 aromatic carbocycles. The lowest BCUT2D eigenvalue weighted by Gasteiger charge is -2.08. The van der Waals surface area contributed by atoms with Gasteiger partial charge in [-0.15, -0.1) is 0 Å². The second-order valence-corrected chi connectivity index (χ2v) is 4.65. The number of carbonyl (C=O) groups is 2. The molecule has 0 unspecified atom stereocenters. The Morgan fingerprint density at radius 2 is 1.83 bits per heavy atom. The largest absolute Gasteiger partial charge is 0.351 e. The van der Waals surface area contributed by atoms with Crippen LogP contribution >= 0.6 is 12.6 Å². The number of carbonyl (C=O) groups excluding carboxylic acids is 2. The molecule has 0 saturated heterocycles. The number of thiol groups is 1. The quantitative estimate of drug-likeness (QED) is 0.713. The van der Waals surface area contributed by atoms with Gasteiger partial charge < -0.3 is 10.6 Å². The summed E-state index contributed by atoms with van der Waals surface area (Å²) in [6, 6.07) is 6.80. The summed E-state index contributed by atoms with van der Waals surface area (Å²) in [6.07, 6.45) is 0. The lowest BCUT2D eigenvalue weighted by molar-refractivity contribution is -0.118. The Balaban J connectivity index is 2.62. The zero-order valence-electron chi connectivity index (χ0n) is 10.6. The van der Waals surface area contributed by atoms with Crippen molar-refractivity contribution >= 4 is 30.1 Å². The van der Waals surface area contributed by atoms with Crippen LogP contribution in [0.25, 0.3) is 0 Å². The van der Waals surface area contributed by atoms with Gasteiger partial charge in [-0.3, -0.25) is 9.59 Å². The molecular weight excluding hydrogens is 248 g/mol. The minimum Gasteiger partial charge on any atom is -0.351 e. The highest BCUT2D eigenvalue weighted by molar-refractivity contribution is 7.80. The van der Waals surface area contributed by atoms with Crippen molar-refractivity contribution in [2.24, 2.45) is 5.92 Å². The molecule has 0 aliphatic heterocycles. The monoisotopic (exact) mass is 266 g/mol. The van der Waals surface area contributed by atoms with Crippen molar-refractivity contribution in [3.8, 4) is 0 Å². The highest BCUT2D eigenvalue weighted by atomic mass is 32.1. The van der Waals surface area contributed by atoms with E-state index >= 15 is 0 Å². The molecule has 1 aromatic rings. The summed E-state index contributed by atoms with van der Waals surface area (Å²) in [5.74, 6) is 0.366. The van der Waals surface area contributed by atoms with E-state index < -0.39 is 0 Å². The van der Waals surface area contributed by atoms with E-state index in [-0.39, 0.29) is 17.7 Å². The molecule has 0 aromatic heterocycles. The van der Waals surface area contributed by atoms with Gasteiger partial charge in [-0.05, 0) is 24.3 Å². The van der Waals surface area contributed by atoms with Crippen molar-refractivity contribution in [1.82, 2.24) is 5.32 Å². The van der Waals surface area contributed by atoms with Gasteiger partial charge in [-0.2, -0.15) is 12.6 Å². The SMILES string of the molecule is CC(C)C(=O)Nc1ccc(C(=O)NCCS)cc1. The lowest BCUT2D eigenvalue weighted by Crippen LogP contribution is -2.25. The second kappa shape index (κ2) is 7.06. The molecule has 5 heteroatoms. The van der Waals surface area contributed by atoms with Gasteiger partial charge in [-0.1, -0.05) is 13.8 Å². The fraction of sp³-hybridized carbons (Fsp3) is 0.385. The zero-order chi connectivity index (χ0) is 13.5. The van der Waals surface area contributed by atoms with E-state index in [1.54, 1.807) is 24.3 Å². The van der Waals surface area contributed by atoms with Crippen LogP contribution in [-0.4, -0.2) is 24.1 Å². The predicted molar refractivity (Wildman–Crippen MR) is 76.1 cm³/mol. The Labute approximate surface area is 113 Å². The maximum absolute atomic E-state index is 11.6. The fourth-order valence-electron chi connectivity index (χ4n) is 1.26. The molecule has 0 bridgehead atoms. The maximum Gasteiger partial charge on any atom is 0.251 e. The van der Waals surface area contributed by atoms with Crippen molar-refractivity contribution < 1.29 is 9.59 Å².